The fourth-order valence-corrected chi connectivity index (χ4v) is 4.99. The summed E-state index contributed by atoms with van der Waals surface area (Å²) in [7, 11) is -3.95. The largest absolute Gasteiger partial charge is 0.481 e. The molecule has 9 nitrogen and oxygen atoms in total. The van der Waals surface area contributed by atoms with Gasteiger partial charge in [-0.05, 0) is 69.5 Å². The van der Waals surface area contributed by atoms with Crippen molar-refractivity contribution in [2.75, 3.05) is 4.72 Å². The Bertz CT molecular complexity index is 1280. The highest BCUT2D eigenvalue weighted by Crippen LogP contribution is 2.32. The van der Waals surface area contributed by atoms with Gasteiger partial charge in [0.2, 0.25) is 5.95 Å². The second kappa shape index (κ2) is 11.6. The van der Waals surface area contributed by atoms with Gasteiger partial charge < -0.3 is 19.9 Å². The number of sulfonamides is 1. The number of rotatable bonds is 12. The number of hydrogen-bond acceptors (Lipinski definition) is 6. The number of nitrogens with zero attached hydrogens (tertiary/aromatic N) is 2. The van der Waals surface area contributed by atoms with Gasteiger partial charge in [0.1, 0.15) is 5.82 Å². The van der Waals surface area contributed by atoms with Crippen LogP contribution in [0.15, 0.2) is 59.5 Å². The summed E-state index contributed by atoms with van der Waals surface area (Å²) in [6.45, 7) is 3.71. The number of benzene rings is 2. The van der Waals surface area contributed by atoms with Crippen LogP contribution in [0.25, 0.3) is 11.3 Å². The number of aliphatic hydroxyl groups is 2. The third-order valence-corrected chi connectivity index (χ3v) is 6.94. The van der Waals surface area contributed by atoms with E-state index in [0.717, 1.165) is 0 Å². The summed E-state index contributed by atoms with van der Waals surface area (Å²) in [4.78, 5) is 15.4. The fraction of sp³-hybridized carbons (Fsp3) is 0.360. The molecule has 2 aromatic carbocycles. The lowest BCUT2D eigenvalue weighted by molar-refractivity contribution is -0.139. The summed E-state index contributed by atoms with van der Waals surface area (Å²) in [5, 5.41) is 29.1. The number of carboxylic acids is 1. The van der Waals surface area contributed by atoms with Gasteiger partial charge in [-0.2, -0.15) is 0 Å². The summed E-state index contributed by atoms with van der Waals surface area (Å²) >= 11 is 0. The molecule has 3 aromatic rings. The van der Waals surface area contributed by atoms with E-state index in [0.29, 0.717) is 17.0 Å². The molecule has 3 rings (SSSR count). The van der Waals surface area contributed by atoms with E-state index in [1.54, 1.807) is 22.8 Å². The summed E-state index contributed by atoms with van der Waals surface area (Å²) in [6, 6.07) is 13.2. The first-order valence-corrected chi connectivity index (χ1v) is 13.0. The van der Waals surface area contributed by atoms with E-state index in [9.17, 15) is 27.8 Å². The van der Waals surface area contributed by atoms with Gasteiger partial charge in [-0.25, -0.2) is 22.5 Å². The number of halogens is 1. The van der Waals surface area contributed by atoms with Gasteiger partial charge in [-0.3, -0.25) is 4.79 Å². The second-order valence-corrected chi connectivity index (χ2v) is 10.5. The quantitative estimate of drug-likeness (QED) is 0.286. The van der Waals surface area contributed by atoms with Crippen LogP contribution in [0.4, 0.5) is 10.3 Å². The predicted octanol–water partition coefficient (Wildman–Crippen LogP) is 3.59. The average Bonchev–Trinajstić information content (AvgIpc) is 3.15. The van der Waals surface area contributed by atoms with Crippen LogP contribution in [0.5, 0.6) is 0 Å². The standard InChI is InChI=1S/C25H30FN3O6S/c1-16(2)29-22(13-12-19(30)14-20(31)15-23(32)33)24(17-8-10-18(26)11-9-17)27-25(29)28-36(34,35)21-6-4-3-5-7-21/h3-11,16,19-20,30-31H,12-15H2,1-2H3,(H,27,28)(H,32,33). The molecule has 0 saturated carbocycles. The smallest absolute Gasteiger partial charge is 0.305 e. The van der Waals surface area contributed by atoms with E-state index in [1.807, 2.05) is 13.8 Å². The van der Waals surface area contributed by atoms with Gasteiger partial charge in [0, 0.05) is 17.3 Å². The lowest BCUT2D eigenvalue weighted by Crippen LogP contribution is -2.22. The van der Waals surface area contributed by atoms with Crippen molar-refractivity contribution in [2.24, 2.45) is 0 Å². The van der Waals surface area contributed by atoms with E-state index < -0.39 is 40.4 Å². The van der Waals surface area contributed by atoms with Crippen LogP contribution in [0, 0.1) is 5.82 Å². The van der Waals surface area contributed by atoms with Crippen LogP contribution in [0.3, 0.4) is 0 Å². The third-order valence-electron chi connectivity index (χ3n) is 5.59. The molecule has 0 aliphatic rings. The van der Waals surface area contributed by atoms with Crippen LogP contribution in [0.2, 0.25) is 0 Å². The Morgan fingerprint density at radius 3 is 2.28 bits per heavy atom. The van der Waals surface area contributed by atoms with Crippen LogP contribution in [0.1, 0.15) is 44.8 Å². The minimum Gasteiger partial charge on any atom is -0.481 e. The molecule has 36 heavy (non-hydrogen) atoms. The van der Waals surface area contributed by atoms with Crippen molar-refractivity contribution in [1.29, 1.82) is 0 Å². The Kier molecular flexibility index (Phi) is 8.83. The molecule has 2 atom stereocenters. The molecule has 11 heteroatoms. The molecule has 2 unspecified atom stereocenters. The Morgan fingerprint density at radius 1 is 1.06 bits per heavy atom. The van der Waals surface area contributed by atoms with E-state index in [2.05, 4.69) is 9.71 Å². The minimum atomic E-state index is -3.95. The zero-order valence-electron chi connectivity index (χ0n) is 20.0. The summed E-state index contributed by atoms with van der Waals surface area (Å²) < 4.78 is 43.9. The summed E-state index contributed by atoms with van der Waals surface area (Å²) in [5.74, 6) is -1.53. The Morgan fingerprint density at radius 2 is 1.69 bits per heavy atom. The van der Waals surface area contributed by atoms with Crippen molar-refractivity contribution in [3.8, 4) is 11.3 Å². The Labute approximate surface area is 209 Å². The molecule has 0 amide bonds. The molecule has 0 radical (unpaired) electrons. The number of imidazole rings is 1. The van der Waals surface area contributed by atoms with Crippen molar-refractivity contribution in [2.45, 2.75) is 62.7 Å². The molecule has 4 N–H and O–H groups in total. The van der Waals surface area contributed by atoms with Crippen LogP contribution < -0.4 is 4.72 Å². The maximum atomic E-state index is 13.6. The zero-order valence-corrected chi connectivity index (χ0v) is 20.8. The molecule has 0 aliphatic heterocycles. The molecule has 0 saturated heterocycles. The number of hydrogen-bond donors (Lipinski definition) is 4. The molecule has 194 valence electrons. The molecule has 0 fully saturated rings. The van der Waals surface area contributed by atoms with Crippen molar-refractivity contribution >= 4 is 21.9 Å². The van der Waals surface area contributed by atoms with Gasteiger partial charge in [-0.15, -0.1) is 0 Å². The molecule has 0 spiro atoms. The highest BCUT2D eigenvalue weighted by atomic mass is 32.2. The van der Waals surface area contributed by atoms with Crippen molar-refractivity contribution < 1.29 is 32.9 Å². The Hall–Kier alpha value is -3.28. The molecule has 0 bridgehead atoms. The van der Waals surface area contributed by atoms with Crippen molar-refractivity contribution in [3.63, 3.8) is 0 Å². The maximum absolute atomic E-state index is 13.6. The third kappa shape index (κ3) is 6.90. The van der Waals surface area contributed by atoms with Gasteiger partial charge in [-0.1, -0.05) is 18.2 Å². The van der Waals surface area contributed by atoms with Crippen molar-refractivity contribution in [1.82, 2.24) is 9.55 Å². The highest BCUT2D eigenvalue weighted by molar-refractivity contribution is 7.92. The lowest BCUT2D eigenvalue weighted by atomic mass is 10.0. The number of carbonyl (C=O) groups is 1. The summed E-state index contributed by atoms with van der Waals surface area (Å²) in [6.07, 6.45) is -2.40. The number of nitrogens with one attached hydrogen (secondary N) is 1. The number of aliphatic carboxylic acids is 1. The lowest BCUT2D eigenvalue weighted by Gasteiger charge is -2.19. The van der Waals surface area contributed by atoms with Gasteiger partial charge in [0.15, 0.2) is 0 Å². The average molecular weight is 520 g/mol. The number of anilines is 1. The van der Waals surface area contributed by atoms with E-state index in [4.69, 9.17) is 5.11 Å². The molecule has 1 aromatic heterocycles. The van der Waals surface area contributed by atoms with Gasteiger partial charge in [0.05, 0.1) is 29.2 Å². The van der Waals surface area contributed by atoms with Crippen LogP contribution >= 0.6 is 0 Å². The number of aliphatic hydroxyl groups excluding tert-OH is 2. The highest BCUT2D eigenvalue weighted by Gasteiger charge is 2.25. The first-order chi connectivity index (χ1) is 17.0. The topological polar surface area (TPSA) is 142 Å². The van der Waals surface area contributed by atoms with Crippen LogP contribution in [-0.2, 0) is 21.2 Å². The predicted molar refractivity (Wildman–Crippen MR) is 132 cm³/mol. The summed E-state index contributed by atoms with van der Waals surface area (Å²) in [5.41, 5.74) is 1.59. The van der Waals surface area contributed by atoms with Crippen LogP contribution in [-0.4, -0.2) is 51.5 Å². The maximum Gasteiger partial charge on any atom is 0.305 e. The first-order valence-electron chi connectivity index (χ1n) is 11.5. The second-order valence-electron chi connectivity index (χ2n) is 8.80. The van der Waals surface area contributed by atoms with E-state index >= 15 is 0 Å². The number of aromatic nitrogens is 2. The molecular formula is C25H30FN3O6S. The van der Waals surface area contributed by atoms with E-state index in [-0.39, 0.29) is 36.1 Å². The molecular weight excluding hydrogens is 489 g/mol. The first kappa shape index (κ1) is 27.3. The minimum absolute atomic E-state index is 0.0658. The van der Waals surface area contributed by atoms with Crippen molar-refractivity contribution in [3.05, 3.63) is 66.1 Å². The van der Waals surface area contributed by atoms with E-state index in [1.165, 1.54) is 36.4 Å². The Balaban J connectivity index is 1.99. The molecule has 0 aliphatic carbocycles. The zero-order chi connectivity index (χ0) is 26.5. The van der Waals surface area contributed by atoms with Gasteiger partial charge >= 0.3 is 5.97 Å². The van der Waals surface area contributed by atoms with Gasteiger partial charge in [0.25, 0.3) is 10.0 Å². The number of carboxylic acid groups (broad SMARTS) is 1. The SMILES string of the molecule is CC(C)n1c(NS(=O)(=O)c2ccccc2)nc(-c2ccc(F)cc2)c1CCC(O)CC(O)CC(=O)O. The monoisotopic (exact) mass is 519 g/mol. The molecule has 1 heterocycles. The normalized spacial score (nSPS) is 13.5. The fourth-order valence-electron chi connectivity index (χ4n) is 3.97.